The van der Waals surface area contributed by atoms with Gasteiger partial charge in [0.15, 0.2) is 6.61 Å². The second kappa shape index (κ2) is 7.56. The Balaban J connectivity index is 1.71. The van der Waals surface area contributed by atoms with E-state index in [0.717, 1.165) is 5.56 Å². The van der Waals surface area contributed by atoms with E-state index in [0.29, 0.717) is 35.0 Å². The summed E-state index contributed by atoms with van der Waals surface area (Å²) in [6.45, 7) is 6.12. The summed E-state index contributed by atoms with van der Waals surface area (Å²) in [6.07, 6.45) is 3.84. The second-order valence-corrected chi connectivity index (χ2v) is 7.91. The maximum Gasteiger partial charge on any atom is 0.258 e. The Morgan fingerprint density at radius 3 is 2.81 bits per heavy atom. The van der Waals surface area contributed by atoms with Gasteiger partial charge < -0.3 is 15.0 Å². The zero-order chi connectivity index (χ0) is 19.6. The molecule has 0 atom stereocenters. The van der Waals surface area contributed by atoms with E-state index in [1.165, 1.54) is 6.20 Å². The average molecular weight is 388 g/mol. The molecule has 27 heavy (non-hydrogen) atoms. The minimum Gasteiger partial charge on any atom is -0.482 e. The number of fused-ring (bicyclic) bond motifs is 1. The first kappa shape index (κ1) is 19.2. The van der Waals surface area contributed by atoms with E-state index < -0.39 is 0 Å². The molecular formula is C20H22ClN3O3. The predicted octanol–water partition coefficient (Wildman–Crippen LogP) is 3.23. The van der Waals surface area contributed by atoms with Crippen LogP contribution in [0.1, 0.15) is 36.7 Å². The highest BCUT2D eigenvalue weighted by Crippen LogP contribution is 2.28. The van der Waals surface area contributed by atoms with Crippen LogP contribution < -0.4 is 15.0 Å². The number of hydrogen-bond donors (Lipinski definition) is 1. The molecule has 1 aliphatic rings. The van der Waals surface area contributed by atoms with Gasteiger partial charge in [0.2, 0.25) is 0 Å². The van der Waals surface area contributed by atoms with Crippen molar-refractivity contribution >= 4 is 29.1 Å². The molecule has 0 fully saturated rings. The van der Waals surface area contributed by atoms with E-state index in [1.54, 1.807) is 29.3 Å². The maximum absolute atomic E-state index is 12.8. The number of nitrogens with zero attached hydrogens (tertiary/aromatic N) is 2. The monoisotopic (exact) mass is 387 g/mol. The van der Waals surface area contributed by atoms with Gasteiger partial charge >= 0.3 is 0 Å². The molecule has 2 amide bonds. The third kappa shape index (κ3) is 4.77. The summed E-state index contributed by atoms with van der Waals surface area (Å²) >= 11 is 6.01. The minimum atomic E-state index is -0.322. The standard InChI is InChI=1S/C20H22ClN3O3/c1-20(2,3)23-18(25)12-27-16-9-15(10-22-11-16)24-7-6-13-8-14(21)4-5-17(13)19(24)26/h4-5,8-11H,6-7,12H2,1-3H3,(H,23,25). The first-order chi connectivity index (χ1) is 12.7. The lowest BCUT2D eigenvalue weighted by molar-refractivity contribution is -0.124. The fourth-order valence-electron chi connectivity index (χ4n) is 2.94. The van der Waals surface area contributed by atoms with Crippen molar-refractivity contribution in [3.05, 3.63) is 52.8 Å². The number of carbonyl (C=O) groups is 2. The summed E-state index contributed by atoms with van der Waals surface area (Å²) in [5.41, 5.74) is 1.90. The van der Waals surface area contributed by atoms with Crippen LogP contribution in [-0.2, 0) is 11.2 Å². The molecule has 1 N–H and O–H groups in total. The molecule has 0 saturated carbocycles. The highest BCUT2D eigenvalue weighted by molar-refractivity contribution is 6.30. The molecule has 2 heterocycles. The fraction of sp³-hybridized carbons (Fsp3) is 0.350. The van der Waals surface area contributed by atoms with Crippen LogP contribution in [0.3, 0.4) is 0 Å². The number of anilines is 1. The van der Waals surface area contributed by atoms with E-state index in [-0.39, 0.29) is 24.0 Å². The molecule has 0 saturated heterocycles. The normalized spacial score (nSPS) is 13.9. The maximum atomic E-state index is 12.8. The molecule has 1 aliphatic heterocycles. The van der Waals surface area contributed by atoms with Gasteiger partial charge in [-0.15, -0.1) is 0 Å². The zero-order valence-electron chi connectivity index (χ0n) is 15.6. The third-order valence-corrected chi connectivity index (χ3v) is 4.28. The summed E-state index contributed by atoms with van der Waals surface area (Å²) in [5, 5.41) is 3.46. The number of benzene rings is 1. The van der Waals surface area contributed by atoms with E-state index >= 15 is 0 Å². The van der Waals surface area contributed by atoms with Gasteiger partial charge in [0.05, 0.1) is 18.1 Å². The molecule has 1 aromatic carbocycles. The van der Waals surface area contributed by atoms with Crippen molar-refractivity contribution in [2.45, 2.75) is 32.7 Å². The van der Waals surface area contributed by atoms with Crippen LogP contribution in [0.5, 0.6) is 5.75 Å². The highest BCUT2D eigenvalue weighted by atomic mass is 35.5. The molecule has 6 nitrogen and oxygen atoms in total. The van der Waals surface area contributed by atoms with Crippen LogP contribution in [0.4, 0.5) is 5.69 Å². The number of nitrogens with one attached hydrogen (secondary N) is 1. The van der Waals surface area contributed by atoms with Crippen molar-refractivity contribution in [3.63, 3.8) is 0 Å². The first-order valence-corrected chi connectivity index (χ1v) is 9.10. The van der Waals surface area contributed by atoms with Crippen molar-refractivity contribution in [1.82, 2.24) is 10.3 Å². The number of pyridine rings is 1. The topological polar surface area (TPSA) is 71.5 Å². The summed E-state index contributed by atoms with van der Waals surface area (Å²) in [7, 11) is 0. The number of halogens is 1. The van der Waals surface area contributed by atoms with Gasteiger partial charge in [-0.3, -0.25) is 14.6 Å². The van der Waals surface area contributed by atoms with Crippen LogP contribution >= 0.6 is 11.6 Å². The Morgan fingerprint density at radius 2 is 2.07 bits per heavy atom. The lowest BCUT2D eigenvalue weighted by atomic mass is 9.99. The lowest BCUT2D eigenvalue weighted by Gasteiger charge is -2.28. The molecule has 0 radical (unpaired) electrons. The van der Waals surface area contributed by atoms with Gasteiger partial charge in [-0.1, -0.05) is 11.6 Å². The molecule has 0 aliphatic carbocycles. The number of carbonyl (C=O) groups excluding carboxylic acids is 2. The van der Waals surface area contributed by atoms with Crippen molar-refractivity contribution in [1.29, 1.82) is 0 Å². The van der Waals surface area contributed by atoms with Crippen LogP contribution in [0.25, 0.3) is 0 Å². The quantitative estimate of drug-likeness (QED) is 0.874. The van der Waals surface area contributed by atoms with Crippen LogP contribution in [0, 0.1) is 0 Å². The Bertz CT molecular complexity index is 877. The van der Waals surface area contributed by atoms with Crippen molar-refractivity contribution < 1.29 is 14.3 Å². The number of rotatable bonds is 4. The Kier molecular flexibility index (Phi) is 5.37. The van der Waals surface area contributed by atoms with E-state index in [9.17, 15) is 9.59 Å². The third-order valence-electron chi connectivity index (χ3n) is 4.04. The molecule has 0 spiro atoms. The number of aromatic nitrogens is 1. The first-order valence-electron chi connectivity index (χ1n) is 8.72. The zero-order valence-corrected chi connectivity index (χ0v) is 16.3. The Labute approximate surface area is 163 Å². The SMILES string of the molecule is CC(C)(C)NC(=O)COc1cncc(N2CCc3cc(Cl)ccc3C2=O)c1. The fourth-order valence-corrected chi connectivity index (χ4v) is 3.14. The van der Waals surface area contributed by atoms with Crippen molar-refractivity contribution in [2.24, 2.45) is 0 Å². The lowest BCUT2D eigenvalue weighted by Crippen LogP contribution is -2.43. The molecule has 2 aromatic rings. The number of amides is 2. The second-order valence-electron chi connectivity index (χ2n) is 7.47. The Hall–Kier alpha value is -2.60. The molecule has 3 rings (SSSR count). The number of ether oxygens (including phenoxy) is 1. The minimum absolute atomic E-state index is 0.0997. The van der Waals surface area contributed by atoms with Crippen molar-refractivity contribution in [3.8, 4) is 5.75 Å². The smallest absolute Gasteiger partial charge is 0.258 e. The van der Waals surface area contributed by atoms with Gasteiger partial charge in [0.25, 0.3) is 11.8 Å². The number of hydrogen-bond acceptors (Lipinski definition) is 4. The van der Waals surface area contributed by atoms with Gasteiger partial charge in [-0.25, -0.2) is 0 Å². The van der Waals surface area contributed by atoms with Gasteiger partial charge in [0.1, 0.15) is 5.75 Å². The van der Waals surface area contributed by atoms with E-state index in [2.05, 4.69) is 10.3 Å². The molecule has 142 valence electrons. The molecule has 0 unspecified atom stereocenters. The predicted molar refractivity (Wildman–Crippen MR) is 104 cm³/mol. The van der Waals surface area contributed by atoms with Gasteiger partial charge in [0, 0.05) is 28.7 Å². The molecule has 7 heteroatoms. The molecule has 1 aromatic heterocycles. The molecule has 0 bridgehead atoms. The van der Waals surface area contributed by atoms with Crippen LogP contribution in [0.2, 0.25) is 5.02 Å². The van der Waals surface area contributed by atoms with E-state index in [1.807, 2.05) is 26.8 Å². The molecular weight excluding hydrogens is 366 g/mol. The van der Waals surface area contributed by atoms with Gasteiger partial charge in [-0.2, -0.15) is 0 Å². The highest BCUT2D eigenvalue weighted by Gasteiger charge is 2.26. The summed E-state index contributed by atoms with van der Waals surface area (Å²) in [5.74, 6) is 0.122. The summed E-state index contributed by atoms with van der Waals surface area (Å²) < 4.78 is 5.54. The summed E-state index contributed by atoms with van der Waals surface area (Å²) in [6, 6.07) is 7.01. The Morgan fingerprint density at radius 1 is 1.30 bits per heavy atom. The average Bonchev–Trinajstić information content (AvgIpc) is 2.59. The van der Waals surface area contributed by atoms with E-state index in [4.69, 9.17) is 16.3 Å². The van der Waals surface area contributed by atoms with Crippen LogP contribution in [0.15, 0.2) is 36.7 Å². The van der Waals surface area contributed by atoms with Gasteiger partial charge in [-0.05, 0) is 51.0 Å². The van der Waals surface area contributed by atoms with Crippen molar-refractivity contribution in [2.75, 3.05) is 18.1 Å². The largest absolute Gasteiger partial charge is 0.482 e. The summed E-state index contributed by atoms with van der Waals surface area (Å²) in [4.78, 5) is 30.5. The van der Waals surface area contributed by atoms with Crippen LogP contribution in [-0.4, -0.2) is 35.5 Å².